The molecule has 4 N–H and O–H groups in total. The molecule has 0 aliphatic rings. The summed E-state index contributed by atoms with van der Waals surface area (Å²) < 4.78 is 0. The van der Waals surface area contributed by atoms with Crippen LogP contribution in [-0.2, 0) is 4.79 Å². The summed E-state index contributed by atoms with van der Waals surface area (Å²) in [7, 11) is 0. The van der Waals surface area contributed by atoms with E-state index in [9.17, 15) is 14.7 Å². The lowest BCUT2D eigenvalue weighted by Gasteiger charge is -2.19. The van der Waals surface area contributed by atoms with Gasteiger partial charge in [0.05, 0.1) is 6.10 Å². The van der Waals surface area contributed by atoms with Crippen LogP contribution in [-0.4, -0.2) is 34.3 Å². The van der Waals surface area contributed by atoms with Gasteiger partial charge in [0.1, 0.15) is 6.04 Å². The second-order valence-electron chi connectivity index (χ2n) is 5.53. The Morgan fingerprint density at radius 2 is 1.52 bits per heavy atom. The fourth-order valence-electron chi connectivity index (χ4n) is 2.20. The monoisotopic (exact) mass is 340 g/mol. The van der Waals surface area contributed by atoms with Gasteiger partial charge in [0.2, 0.25) is 0 Å². The molecule has 6 nitrogen and oxygen atoms in total. The summed E-state index contributed by atoms with van der Waals surface area (Å²) in [6.07, 6.45) is 2.74. The third-order valence-electron chi connectivity index (χ3n) is 3.60. The van der Waals surface area contributed by atoms with E-state index < -0.39 is 24.0 Å². The minimum atomic E-state index is -1.24. The Kier molecular flexibility index (Phi) is 6.45. The molecule has 6 heteroatoms. The highest BCUT2D eigenvalue weighted by atomic mass is 16.5. The summed E-state index contributed by atoms with van der Waals surface area (Å²) in [6.45, 7) is 1.34. The maximum Gasteiger partial charge on any atom is 0.268 e. The number of hydrogen-bond donors (Lipinski definition) is 4. The van der Waals surface area contributed by atoms with Gasteiger partial charge in [-0.2, -0.15) is 0 Å². The van der Waals surface area contributed by atoms with Crippen LogP contribution < -0.4 is 10.8 Å². The SMILES string of the molecule is C[C@@H](O)[C@H](NC(=O)c1ccc(/C=C/c2ccccc2)cc1)C(=O)NO. The fourth-order valence-corrected chi connectivity index (χ4v) is 2.20. The van der Waals surface area contributed by atoms with E-state index in [4.69, 9.17) is 5.21 Å². The summed E-state index contributed by atoms with van der Waals surface area (Å²) in [5, 5.41) is 20.6. The molecule has 0 aromatic heterocycles. The molecule has 0 heterocycles. The second-order valence-corrected chi connectivity index (χ2v) is 5.53. The van der Waals surface area contributed by atoms with E-state index in [1.54, 1.807) is 24.3 Å². The first-order valence-corrected chi connectivity index (χ1v) is 7.77. The normalized spacial score (nSPS) is 13.2. The molecule has 0 aliphatic heterocycles. The van der Waals surface area contributed by atoms with Crippen LogP contribution in [0.2, 0.25) is 0 Å². The van der Waals surface area contributed by atoms with Crippen molar-refractivity contribution in [1.82, 2.24) is 10.8 Å². The van der Waals surface area contributed by atoms with Crippen LogP contribution in [0, 0.1) is 0 Å². The van der Waals surface area contributed by atoms with Gasteiger partial charge in [-0.05, 0) is 30.2 Å². The molecule has 2 rings (SSSR count). The number of carbonyl (C=O) groups is 2. The molecule has 0 fully saturated rings. The predicted octanol–water partition coefficient (Wildman–Crippen LogP) is 1.84. The molecule has 0 radical (unpaired) electrons. The van der Waals surface area contributed by atoms with Gasteiger partial charge in [0.15, 0.2) is 0 Å². The van der Waals surface area contributed by atoms with E-state index in [1.165, 1.54) is 12.4 Å². The van der Waals surface area contributed by atoms with Crippen molar-refractivity contribution in [3.63, 3.8) is 0 Å². The third kappa shape index (κ3) is 5.27. The number of aliphatic hydroxyl groups is 1. The first-order valence-electron chi connectivity index (χ1n) is 7.77. The Hall–Kier alpha value is -2.96. The van der Waals surface area contributed by atoms with Crippen molar-refractivity contribution in [2.75, 3.05) is 0 Å². The maximum atomic E-state index is 12.2. The number of rotatable bonds is 6. The minimum absolute atomic E-state index is 0.341. The van der Waals surface area contributed by atoms with Crippen LogP contribution in [0.3, 0.4) is 0 Å². The van der Waals surface area contributed by atoms with Gasteiger partial charge in [0.25, 0.3) is 11.8 Å². The van der Waals surface area contributed by atoms with Gasteiger partial charge >= 0.3 is 0 Å². The Labute approximate surface area is 145 Å². The lowest BCUT2D eigenvalue weighted by Crippen LogP contribution is -2.51. The molecule has 0 aliphatic carbocycles. The van der Waals surface area contributed by atoms with E-state index in [2.05, 4.69) is 5.32 Å². The number of amides is 2. The summed E-state index contributed by atoms with van der Waals surface area (Å²) in [4.78, 5) is 23.6. The molecule has 2 aromatic carbocycles. The number of benzene rings is 2. The standard InChI is InChI=1S/C19H20N2O4/c1-13(22)17(19(24)21-25)20-18(23)16-11-9-15(10-12-16)8-7-14-5-3-2-4-6-14/h2-13,17,22,25H,1H3,(H,20,23)(H,21,24)/b8-7+/t13-,17+/m1/s1. The smallest absolute Gasteiger partial charge is 0.268 e. The lowest BCUT2D eigenvalue weighted by molar-refractivity contribution is -0.133. The molecule has 2 amide bonds. The third-order valence-corrected chi connectivity index (χ3v) is 3.60. The van der Waals surface area contributed by atoms with Crippen molar-refractivity contribution >= 4 is 24.0 Å². The highest BCUT2D eigenvalue weighted by Crippen LogP contribution is 2.10. The van der Waals surface area contributed by atoms with Crippen LogP contribution in [0.4, 0.5) is 0 Å². The largest absolute Gasteiger partial charge is 0.391 e. The van der Waals surface area contributed by atoms with Crippen molar-refractivity contribution in [3.8, 4) is 0 Å². The zero-order valence-electron chi connectivity index (χ0n) is 13.7. The van der Waals surface area contributed by atoms with E-state index in [1.807, 2.05) is 42.5 Å². The Bertz CT molecular complexity index is 740. The molecule has 130 valence electrons. The molecule has 0 bridgehead atoms. The number of hydroxylamine groups is 1. The summed E-state index contributed by atoms with van der Waals surface area (Å²) in [5.41, 5.74) is 3.75. The average Bonchev–Trinajstić information content (AvgIpc) is 2.64. The van der Waals surface area contributed by atoms with Gasteiger partial charge in [-0.1, -0.05) is 54.6 Å². The zero-order chi connectivity index (χ0) is 18.2. The molecular formula is C19H20N2O4. The number of aliphatic hydroxyl groups excluding tert-OH is 1. The van der Waals surface area contributed by atoms with Crippen LogP contribution in [0.25, 0.3) is 12.2 Å². The summed E-state index contributed by atoms with van der Waals surface area (Å²) in [6, 6.07) is 15.4. The average molecular weight is 340 g/mol. The zero-order valence-corrected chi connectivity index (χ0v) is 13.7. The first-order chi connectivity index (χ1) is 12.0. The van der Waals surface area contributed by atoms with Crippen LogP contribution in [0.15, 0.2) is 54.6 Å². The van der Waals surface area contributed by atoms with Gasteiger partial charge in [-0.3, -0.25) is 14.8 Å². The number of nitrogens with one attached hydrogen (secondary N) is 2. The van der Waals surface area contributed by atoms with E-state index >= 15 is 0 Å². The fraction of sp³-hybridized carbons (Fsp3) is 0.158. The number of hydrogen-bond acceptors (Lipinski definition) is 4. The number of carbonyl (C=O) groups excluding carboxylic acids is 2. The maximum absolute atomic E-state index is 12.2. The van der Waals surface area contributed by atoms with E-state index in [-0.39, 0.29) is 0 Å². The summed E-state index contributed by atoms with van der Waals surface area (Å²) in [5.74, 6) is -1.40. The van der Waals surface area contributed by atoms with Crippen molar-refractivity contribution in [1.29, 1.82) is 0 Å². The van der Waals surface area contributed by atoms with Crippen molar-refractivity contribution < 1.29 is 19.9 Å². The van der Waals surface area contributed by atoms with Crippen LogP contribution in [0.5, 0.6) is 0 Å². The first kappa shape index (κ1) is 18.4. The molecule has 0 saturated carbocycles. The van der Waals surface area contributed by atoms with Gasteiger partial charge < -0.3 is 10.4 Å². The lowest BCUT2D eigenvalue weighted by atomic mass is 10.1. The molecule has 2 atom stereocenters. The van der Waals surface area contributed by atoms with Gasteiger partial charge in [0, 0.05) is 5.56 Å². The van der Waals surface area contributed by atoms with Crippen molar-refractivity contribution in [2.24, 2.45) is 0 Å². The molecular weight excluding hydrogens is 320 g/mol. The highest BCUT2D eigenvalue weighted by Gasteiger charge is 2.25. The van der Waals surface area contributed by atoms with E-state index in [0.29, 0.717) is 5.56 Å². The molecule has 0 unspecified atom stereocenters. The topological polar surface area (TPSA) is 98.7 Å². The predicted molar refractivity (Wildman–Crippen MR) is 94.7 cm³/mol. The Morgan fingerprint density at radius 3 is 2.04 bits per heavy atom. The molecule has 25 heavy (non-hydrogen) atoms. The molecule has 0 spiro atoms. The van der Waals surface area contributed by atoms with Gasteiger partial charge in [-0.15, -0.1) is 0 Å². The van der Waals surface area contributed by atoms with Crippen LogP contribution in [0.1, 0.15) is 28.4 Å². The quantitative estimate of drug-likeness (QED) is 0.366. The van der Waals surface area contributed by atoms with Crippen molar-refractivity contribution in [2.45, 2.75) is 19.1 Å². The molecule has 0 saturated heterocycles. The second kappa shape index (κ2) is 8.77. The molecule has 2 aromatic rings. The Balaban J connectivity index is 2.04. The van der Waals surface area contributed by atoms with Crippen molar-refractivity contribution in [3.05, 3.63) is 71.3 Å². The van der Waals surface area contributed by atoms with Crippen LogP contribution >= 0.6 is 0 Å². The van der Waals surface area contributed by atoms with Gasteiger partial charge in [-0.25, -0.2) is 5.48 Å². The highest BCUT2D eigenvalue weighted by molar-refractivity contribution is 5.97. The minimum Gasteiger partial charge on any atom is -0.391 e. The Morgan fingerprint density at radius 1 is 0.960 bits per heavy atom. The van der Waals surface area contributed by atoms with E-state index in [0.717, 1.165) is 11.1 Å². The summed E-state index contributed by atoms with van der Waals surface area (Å²) >= 11 is 0.